The van der Waals surface area contributed by atoms with E-state index in [-0.39, 0.29) is 0 Å². The van der Waals surface area contributed by atoms with E-state index in [9.17, 15) is 0 Å². The summed E-state index contributed by atoms with van der Waals surface area (Å²) >= 11 is 0. The van der Waals surface area contributed by atoms with Crippen LogP contribution >= 0.6 is 0 Å². The van der Waals surface area contributed by atoms with Gasteiger partial charge >= 0.3 is 0 Å². The molecule has 2 unspecified atom stereocenters. The van der Waals surface area contributed by atoms with E-state index < -0.39 is 0 Å². The van der Waals surface area contributed by atoms with E-state index in [1.807, 2.05) is 6.08 Å². The Kier molecular flexibility index (Phi) is 6.95. The van der Waals surface area contributed by atoms with E-state index in [1.165, 1.54) is 45.2 Å². The standard InChI is InChI=1S/C16H32N2/c1-5-8-9-12-15(17-7-3)16(4,6-2)18-13-10-11-14-18/h5,15,17H,1,6-14H2,2-4H3. The van der Waals surface area contributed by atoms with E-state index in [4.69, 9.17) is 0 Å². The number of allylic oxidation sites excluding steroid dienone is 1. The van der Waals surface area contributed by atoms with Gasteiger partial charge in [0.2, 0.25) is 0 Å². The predicted octanol–water partition coefficient (Wildman–Crippen LogP) is 3.59. The molecule has 1 saturated heterocycles. The lowest BCUT2D eigenvalue weighted by Crippen LogP contribution is -2.58. The van der Waals surface area contributed by atoms with E-state index in [0.29, 0.717) is 11.6 Å². The zero-order valence-electron chi connectivity index (χ0n) is 12.7. The van der Waals surface area contributed by atoms with Crippen molar-refractivity contribution in [2.45, 2.75) is 70.9 Å². The highest BCUT2D eigenvalue weighted by atomic mass is 15.2. The van der Waals surface area contributed by atoms with E-state index in [2.05, 4.69) is 37.6 Å². The molecule has 1 aliphatic heterocycles. The number of nitrogens with one attached hydrogen (secondary N) is 1. The second kappa shape index (κ2) is 7.96. The number of unbranched alkanes of at least 4 members (excludes halogenated alkanes) is 1. The van der Waals surface area contributed by atoms with Crippen LogP contribution in [-0.4, -0.2) is 36.1 Å². The van der Waals surface area contributed by atoms with Crippen molar-refractivity contribution in [1.29, 1.82) is 0 Å². The van der Waals surface area contributed by atoms with Gasteiger partial charge in [-0.05, 0) is 65.1 Å². The summed E-state index contributed by atoms with van der Waals surface area (Å²) < 4.78 is 0. The summed E-state index contributed by atoms with van der Waals surface area (Å²) in [7, 11) is 0. The lowest BCUT2D eigenvalue weighted by Gasteiger charge is -2.45. The second-order valence-electron chi connectivity index (χ2n) is 5.73. The van der Waals surface area contributed by atoms with Crippen molar-refractivity contribution in [3.8, 4) is 0 Å². The SMILES string of the molecule is C=CCCCC(NCC)C(C)(CC)N1CCCC1. The molecular weight excluding hydrogens is 220 g/mol. The number of likely N-dealkylation sites (tertiary alicyclic amines) is 1. The summed E-state index contributed by atoms with van der Waals surface area (Å²) in [5.74, 6) is 0. The monoisotopic (exact) mass is 252 g/mol. The molecule has 106 valence electrons. The Morgan fingerprint density at radius 1 is 1.33 bits per heavy atom. The summed E-state index contributed by atoms with van der Waals surface area (Å²) in [6.07, 6.45) is 9.69. The molecule has 0 aromatic carbocycles. The van der Waals surface area contributed by atoms with Crippen LogP contribution in [0.4, 0.5) is 0 Å². The van der Waals surface area contributed by atoms with Crippen molar-refractivity contribution in [3.05, 3.63) is 12.7 Å². The maximum absolute atomic E-state index is 3.83. The number of likely N-dealkylation sites (N-methyl/N-ethyl adjacent to an activating group) is 1. The van der Waals surface area contributed by atoms with Gasteiger partial charge in [0.05, 0.1) is 0 Å². The normalized spacial score (nSPS) is 21.7. The van der Waals surface area contributed by atoms with Gasteiger partial charge < -0.3 is 5.32 Å². The first-order chi connectivity index (χ1) is 8.69. The number of hydrogen-bond acceptors (Lipinski definition) is 2. The van der Waals surface area contributed by atoms with Crippen LogP contribution in [0.2, 0.25) is 0 Å². The van der Waals surface area contributed by atoms with Gasteiger partial charge in [-0.1, -0.05) is 19.9 Å². The fraction of sp³-hybridized carbons (Fsp3) is 0.875. The molecule has 0 aliphatic carbocycles. The molecule has 2 nitrogen and oxygen atoms in total. The van der Waals surface area contributed by atoms with Crippen molar-refractivity contribution < 1.29 is 0 Å². The first kappa shape index (κ1) is 15.7. The molecule has 1 N–H and O–H groups in total. The summed E-state index contributed by atoms with van der Waals surface area (Å²) in [6.45, 7) is 14.5. The molecule has 0 saturated carbocycles. The maximum atomic E-state index is 3.83. The zero-order valence-corrected chi connectivity index (χ0v) is 12.7. The molecule has 2 atom stereocenters. The molecule has 0 radical (unpaired) electrons. The largest absolute Gasteiger partial charge is 0.312 e. The highest BCUT2D eigenvalue weighted by Crippen LogP contribution is 2.30. The van der Waals surface area contributed by atoms with Gasteiger partial charge in [-0.2, -0.15) is 0 Å². The van der Waals surface area contributed by atoms with E-state index >= 15 is 0 Å². The average Bonchev–Trinajstić information content (AvgIpc) is 2.91. The molecule has 1 rings (SSSR count). The minimum absolute atomic E-state index is 0.327. The van der Waals surface area contributed by atoms with Crippen molar-refractivity contribution >= 4 is 0 Å². The molecule has 0 aromatic rings. The number of rotatable bonds is 9. The fourth-order valence-corrected chi connectivity index (χ4v) is 3.26. The summed E-state index contributed by atoms with van der Waals surface area (Å²) in [4.78, 5) is 2.72. The third-order valence-corrected chi connectivity index (χ3v) is 4.65. The van der Waals surface area contributed by atoms with Crippen LogP contribution in [0.5, 0.6) is 0 Å². The van der Waals surface area contributed by atoms with Gasteiger partial charge in [0, 0.05) is 11.6 Å². The quantitative estimate of drug-likeness (QED) is 0.498. The summed E-state index contributed by atoms with van der Waals surface area (Å²) in [5, 5.41) is 3.73. The van der Waals surface area contributed by atoms with E-state index in [1.54, 1.807) is 0 Å². The van der Waals surface area contributed by atoms with Crippen LogP contribution in [0.1, 0.15) is 59.3 Å². The summed E-state index contributed by atoms with van der Waals surface area (Å²) in [5.41, 5.74) is 0.327. The van der Waals surface area contributed by atoms with Crippen LogP contribution < -0.4 is 5.32 Å². The minimum Gasteiger partial charge on any atom is -0.312 e. The van der Waals surface area contributed by atoms with Crippen molar-refractivity contribution in [1.82, 2.24) is 10.2 Å². The highest BCUT2D eigenvalue weighted by Gasteiger charge is 2.38. The third-order valence-electron chi connectivity index (χ3n) is 4.65. The van der Waals surface area contributed by atoms with Crippen molar-refractivity contribution in [2.24, 2.45) is 0 Å². The second-order valence-corrected chi connectivity index (χ2v) is 5.73. The van der Waals surface area contributed by atoms with Crippen LogP contribution in [0.25, 0.3) is 0 Å². The smallest absolute Gasteiger partial charge is 0.0331 e. The van der Waals surface area contributed by atoms with Gasteiger partial charge in [-0.3, -0.25) is 4.90 Å². The van der Waals surface area contributed by atoms with Crippen LogP contribution in [-0.2, 0) is 0 Å². The first-order valence-electron chi connectivity index (χ1n) is 7.78. The molecule has 2 heteroatoms. The molecule has 0 spiro atoms. The Balaban J connectivity index is 2.67. The Morgan fingerprint density at radius 2 is 2.00 bits per heavy atom. The Hall–Kier alpha value is -0.340. The van der Waals surface area contributed by atoms with Gasteiger partial charge in [0.15, 0.2) is 0 Å². The molecule has 0 aromatic heterocycles. The molecular formula is C16H32N2. The van der Waals surface area contributed by atoms with Crippen LogP contribution in [0.3, 0.4) is 0 Å². The first-order valence-corrected chi connectivity index (χ1v) is 7.78. The molecule has 0 bridgehead atoms. The predicted molar refractivity (Wildman–Crippen MR) is 81.0 cm³/mol. The van der Waals surface area contributed by atoms with Crippen molar-refractivity contribution in [2.75, 3.05) is 19.6 Å². The molecule has 18 heavy (non-hydrogen) atoms. The minimum atomic E-state index is 0.327. The molecule has 1 heterocycles. The van der Waals surface area contributed by atoms with Crippen LogP contribution in [0, 0.1) is 0 Å². The van der Waals surface area contributed by atoms with E-state index in [0.717, 1.165) is 13.0 Å². The maximum Gasteiger partial charge on any atom is 0.0331 e. The summed E-state index contributed by atoms with van der Waals surface area (Å²) in [6, 6.07) is 0.616. The zero-order chi connectivity index (χ0) is 13.4. The molecule has 1 aliphatic rings. The molecule has 0 amide bonds. The highest BCUT2D eigenvalue weighted by molar-refractivity contribution is 4.97. The van der Waals surface area contributed by atoms with Crippen LogP contribution in [0.15, 0.2) is 12.7 Å². The average molecular weight is 252 g/mol. The van der Waals surface area contributed by atoms with Crippen molar-refractivity contribution in [3.63, 3.8) is 0 Å². The topological polar surface area (TPSA) is 15.3 Å². The number of nitrogens with zero attached hydrogens (tertiary/aromatic N) is 1. The fourth-order valence-electron chi connectivity index (χ4n) is 3.26. The third kappa shape index (κ3) is 3.83. The van der Waals surface area contributed by atoms with Gasteiger partial charge in [0.25, 0.3) is 0 Å². The number of hydrogen-bond donors (Lipinski definition) is 1. The van der Waals surface area contributed by atoms with Gasteiger partial charge in [-0.15, -0.1) is 6.58 Å². The molecule has 1 fully saturated rings. The Morgan fingerprint density at radius 3 is 2.50 bits per heavy atom. The Bertz CT molecular complexity index is 233. The lowest BCUT2D eigenvalue weighted by molar-refractivity contribution is 0.0802. The van der Waals surface area contributed by atoms with Gasteiger partial charge in [0.1, 0.15) is 0 Å². The van der Waals surface area contributed by atoms with Gasteiger partial charge in [-0.25, -0.2) is 0 Å². The Labute approximate surface area is 114 Å². The lowest BCUT2D eigenvalue weighted by atomic mass is 9.84.